The van der Waals surface area contributed by atoms with Crippen molar-refractivity contribution in [2.24, 2.45) is 0 Å². The maximum Gasteiger partial charge on any atom is 3.00 e. The molecule has 1 saturated carbocycles. The number of hydrogen-bond acceptors (Lipinski definition) is 0. The fraction of sp³-hybridized carbons (Fsp3) is 0.667. The van der Waals surface area contributed by atoms with Gasteiger partial charge in [-0.05, 0) is 0 Å². The van der Waals surface area contributed by atoms with Gasteiger partial charge in [-0.25, -0.2) is 18.1 Å². The zero-order valence-corrected chi connectivity index (χ0v) is 9.66. The molecule has 0 unspecified atom stereocenters. The van der Waals surface area contributed by atoms with Crippen molar-refractivity contribution in [1.82, 2.24) is 0 Å². The Kier molecular flexibility index (Phi) is 5.76. The van der Waals surface area contributed by atoms with Crippen LogP contribution in [0.5, 0.6) is 0 Å². The van der Waals surface area contributed by atoms with Gasteiger partial charge in [0.15, 0.2) is 0 Å². The average Bonchev–Trinajstić information content (AvgIpc) is 1.90. The third-order valence-corrected chi connectivity index (χ3v) is 2.06. The maximum absolute atomic E-state index is 3.94. The zero-order valence-electron chi connectivity index (χ0n) is 6.82. The first kappa shape index (κ1) is 10.7. The van der Waals surface area contributed by atoms with Gasteiger partial charge in [0.25, 0.3) is 0 Å². The van der Waals surface area contributed by atoms with Gasteiger partial charge < -0.3 is 0 Å². The van der Waals surface area contributed by atoms with Crippen LogP contribution in [0.4, 0.5) is 0 Å². The molecule has 0 aromatic carbocycles. The van der Waals surface area contributed by atoms with Crippen molar-refractivity contribution in [3.05, 3.63) is 18.1 Å². The summed E-state index contributed by atoms with van der Waals surface area (Å²) in [6.45, 7) is 6.07. The molecule has 0 aromatic rings. The van der Waals surface area contributed by atoms with E-state index in [1.54, 1.807) is 5.92 Å². The standard InChI is InChI=1S/C9H15.Y/c1-8(2)9-6-4-3-5-7-9;/h1,3-7H2,2H3;/q-1;+3. The minimum Gasteiger partial charge on any atom is -0.242 e. The molecular weight excluding hydrogens is 197 g/mol. The van der Waals surface area contributed by atoms with Crippen molar-refractivity contribution in [3.8, 4) is 0 Å². The Bertz CT molecular complexity index is 101. The SMILES string of the molecule is C=C(C)[C-]1CCCCC1.[Y+3]. The van der Waals surface area contributed by atoms with Crippen LogP contribution in [-0.2, 0) is 32.7 Å². The molecule has 0 N–H and O–H groups in total. The molecule has 0 atom stereocenters. The van der Waals surface area contributed by atoms with Crippen LogP contribution in [0.15, 0.2) is 12.2 Å². The minimum absolute atomic E-state index is 0. The van der Waals surface area contributed by atoms with Gasteiger partial charge in [0.05, 0.1) is 0 Å². The first-order chi connectivity index (χ1) is 4.30. The van der Waals surface area contributed by atoms with Crippen LogP contribution < -0.4 is 0 Å². The molecule has 0 radical (unpaired) electrons. The molecule has 1 fully saturated rings. The third-order valence-electron chi connectivity index (χ3n) is 2.06. The third kappa shape index (κ3) is 3.21. The topological polar surface area (TPSA) is 0 Å². The van der Waals surface area contributed by atoms with E-state index >= 15 is 0 Å². The van der Waals surface area contributed by atoms with Crippen LogP contribution in [0.3, 0.4) is 0 Å². The molecule has 0 amide bonds. The van der Waals surface area contributed by atoms with Crippen molar-refractivity contribution in [2.75, 3.05) is 0 Å². The van der Waals surface area contributed by atoms with E-state index < -0.39 is 0 Å². The van der Waals surface area contributed by atoms with Crippen molar-refractivity contribution < 1.29 is 32.7 Å². The molecule has 0 heterocycles. The monoisotopic (exact) mass is 212 g/mol. The predicted molar refractivity (Wildman–Crippen MR) is 41.1 cm³/mol. The largest absolute Gasteiger partial charge is 3.00 e. The number of hydrogen-bond donors (Lipinski definition) is 0. The number of allylic oxidation sites excluding steroid dienone is 1. The van der Waals surface area contributed by atoms with E-state index in [4.69, 9.17) is 0 Å². The van der Waals surface area contributed by atoms with Crippen molar-refractivity contribution in [1.29, 1.82) is 0 Å². The summed E-state index contributed by atoms with van der Waals surface area (Å²) in [4.78, 5) is 0. The number of rotatable bonds is 1. The molecule has 0 spiro atoms. The molecule has 52 valence electrons. The Morgan fingerprint density at radius 3 is 2.00 bits per heavy atom. The molecule has 0 aliphatic heterocycles. The molecule has 1 rings (SSSR count). The second-order valence-electron chi connectivity index (χ2n) is 2.94. The van der Waals surface area contributed by atoms with Gasteiger partial charge in [0, 0.05) is 0 Å². The zero-order chi connectivity index (χ0) is 6.69. The van der Waals surface area contributed by atoms with Crippen LogP contribution in [0, 0.1) is 5.92 Å². The normalized spacial score (nSPS) is 17.9. The van der Waals surface area contributed by atoms with Gasteiger partial charge in [-0.15, -0.1) is 0 Å². The van der Waals surface area contributed by atoms with E-state index in [9.17, 15) is 0 Å². The molecule has 1 aliphatic carbocycles. The fourth-order valence-corrected chi connectivity index (χ4v) is 1.41. The Labute approximate surface area is 89.3 Å². The molecule has 1 aliphatic rings. The summed E-state index contributed by atoms with van der Waals surface area (Å²) in [6.07, 6.45) is 6.84. The van der Waals surface area contributed by atoms with Crippen LogP contribution in [0.25, 0.3) is 0 Å². The van der Waals surface area contributed by atoms with Gasteiger partial charge >= 0.3 is 32.7 Å². The van der Waals surface area contributed by atoms with Gasteiger partial charge in [0.1, 0.15) is 0 Å². The molecule has 0 bridgehead atoms. The fourth-order valence-electron chi connectivity index (χ4n) is 1.41. The van der Waals surface area contributed by atoms with Gasteiger partial charge in [-0.1, -0.05) is 39.0 Å². The maximum atomic E-state index is 3.94. The van der Waals surface area contributed by atoms with E-state index in [1.807, 2.05) is 0 Å². The molecule has 0 aromatic heterocycles. The molecule has 0 saturated heterocycles. The van der Waals surface area contributed by atoms with E-state index in [0.717, 1.165) is 0 Å². The Morgan fingerprint density at radius 1 is 1.20 bits per heavy atom. The Hall–Kier alpha value is 0.714. The molecular formula is C9H15Y+2. The summed E-state index contributed by atoms with van der Waals surface area (Å²) in [7, 11) is 0. The second-order valence-corrected chi connectivity index (χ2v) is 2.94. The summed E-state index contributed by atoms with van der Waals surface area (Å²) in [5.41, 5.74) is 1.31. The quantitative estimate of drug-likeness (QED) is 0.586. The van der Waals surface area contributed by atoms with E-state index in [-0.39, 0.29) is 32.7 Å². The summed E-state index contributed by atoms with van der Waals surface area (Å²) in [5.74, 6) is 1.61. The second kappa shape index (κ2) is 5.38. The minimum atomic E-state index is 0. The van der Waals surface area contributed by atoms with E-state index in [2.05, 4.69) is 13.5 Å². The van der Waals surface area contributed by atoms with Gasteiger partial charge in [-0.3, -0.25) is 0 Å². The summed E-state index contributed by atoms with van der Waals surface area (Å²) >= 11 is 0. The van der Waals surface area contributed by atoms with Crippen molar-refractivity contribution >= 4 is 0 Å². The van der Waals surface area contributed by atoms with Gasteiger partial charge in [0.2, 0.25) is 0 Å². The van der Waals surface area contributed by atoms with Crippen molar-refractivity contribution in [3.63, 3.8) is 0 Å². The van der Waals surface area contributed by atoms with Crippen molar-refractivity contribution in [2.45, 2.75) is 39.0 Å². The summed E-state index contributed by atoms with van der Waals surface area (Å²) in [5, 5.41) is 0. The Balaban J connectivity index is 0.000000810. The first-order valence-corrected chi connectivity index (χ1v) is 3.81. The van der Waals surface area contributed by atoms with E-state index in [0.29, 0.717) is 0 Å². The van der Waals surface area contributed by atoms with Gasteiger partial charge in [-0.2, -0.15) is 0 Å². The molecule has 0 nitrogen and oxygen atoms in total. The molecule has 1 heteroatoms. The smallest absolute Gasteiger partial charge is 0.242 e. The summed E-state index contributed by atoms with van der Waals surface area (Å²) < 4.78 is 0. The van der Waals surface area contributed by atoms with Crippen LogP contribution >= 0.6 is 0 Å². The van der Waals surface area contributed by atoms with Crippen LogP contribution in [0.2, 0.25) is 0 Å². The first-order valence-electron chi connectivity index (χ1n) is 3.81. The predicted octanol–water partition coefficient (Wildman–Crippen LogP) is 3.10. The van der Waals surface area contributed by atoms with Crippen LogP contribution in [0.1, 0.15) is 39.0 Å². The average molecular weight is 212 g/mol. The van der Waals surface area contributed by atoms with E-state index in [1.165, 1.54) is 37.7 Å². The van der Waals surface area contributed by atoms with Crippen LogP contribution in [-0.4, -0.2) is 0 Å². The Morgan fingerprint density at radius 2 is 1.70 bits per heavy atom. The summed E-state index contributed by atoms with van der Waals surface area (Å²) in [6, 6.07) is 0. The molecule has 10 heavy (non-hydrogen) atoms.